The molecule has 1 saturated carbocycles. The van der Waals surface area contributed by atoms with Crippen molar-refractivity contribution in [3.05, 3.63) is 30.0 Å². The molecule has 1 aromatic heterocycles. The minimum Gasteiger partial charge on any atom is -0.434 e. The number of aromatic nitrogens is 1. The van der Waals surface area contributed by atoms with Gasteiger partial charge in [0, 0.05) is 29.9 Å². The molecular formula is C26H30F2N4O6. The van der Waals surface area contributed by atoms with Gasteiger partial charge in [-0.3, -0.25) is 19.2 Å². The summed E-state index contributed by atoms with van der Waals surface area (Å²) in [5.74, 6) is -2.26. The van der Waals surface area contributed by atoms with Gasteiger partial charge in [-0.15, -0.1) is 0 Å². The largest absolute Gasteiger partial charge is 0.434 e. The fourth-order valence-electron chi connectivity index (χ4n) is 6.24. The van der Waals surface area contributed by atoms with Crippen LogP contribution in [0.3, 0.4) is 0 Å². The number of alkyl halides is 2. The van der Waals surface area contributed by atoms with Crippen molar-refractivity contribution in [1.82, 2.24) is 20.5 Å². The number of ether oxygens (including phenoxy) is 1. The predicted octanol–water partition coefficient (Wildman–Crippen LogP) is 1.58. The van der Waals surface area contributed by atoms with E-state index < -0.39 is 48.8 Å². The Morgan fingerprint density at radius 1 is 1.21 bits per heavy atom. The molecule has 3 amide bonds. The number of nitrogens with zero attached hydrogens (tertiary/aromatic N) is 1. The lowest BCUT2D eigenvalue weighted by molar-refractivity contribution is -0.133. The van der Waals surface area contributed by atoms with Crippen LogP contribution in [0.1, 0.15) is 42.6 Å². The second kappa shape index (κ2) is 10.7. The first kappa shape index (κ1) is 26.1. The molecule has 0 spiro atoms. The van der Waals surface area contributed by atoms with E-state index in [-0.39, 0.29) is 35.6 Å². The third-order valence-electron chi connectivity index (χ3n) is 8.03. The van der Waals surface area contributed by atoms with Gasteiger partial charge in [0.05, 0.1) is 6.04 Å². The number of hydrogen-bond acceptors (Lipinski definition) is 6. The molecule has 0 radical (unpaired) electrons. The summed E-state index contributed by atoms with van der Waals surface area (Å²) in [5, 5.41) is 15.2. The number of aromatic amines is 1. The minimum atomic E-state index is -3.02. The molecule has 0 bridgehead atoms. The van der Waals surface area contributed by atoms with Crippen LogP contribution in [0.4, 0.5) is 8.78 Å². The van der Waals surface area contributed by atoms with Gasteiger partial charge < -0.3 is 30.4 Å². The monoisotopic (exact) mass is 532 g/mol. The molecule has 4 N–H and O–H groups in total. The average Bonchev–Trinajstić information content (AvgIpc) is 3.66. The number of benzene rings is 1. The van der Waals surface area contributed by atoms with E-state index >= 15 is 0 Å². The molecule has 204 valence electrons. The van der Waals surface area contributed by atoms with Crippen molar-refractivity contribution in [1.29, 1.82) is 0 Å². The van der Waals surface area contributed by atoms with Crippen LogP contribution in [-0.2, 0) is 14.4 Å². The highest BCUT2D eigenvalue weighted by atomic mass is 19.3. The number of hydrogen-bond donors (Lipinski definition) is 4. The molecule has 2 saturated heterocycles. The van der Waals surface area contributed by atoms with Crippen molar-refractivity contribution in [2.24, 2.45) is 17.8 Å². The van der Waals surface area contributed by atoms with Crippen LogP contribution in [0.5, 0.6) is 5.75 Å². The summed E-state index contributed by atoms with van der Waals surface area (Å²) in [6.07, 6.45) is 3.12. The van der Waals surface area contributed by atoms with Crippen LogP contribution < -0.4 is 15.4 Å². The Bertz CT molecular complexity index is 1250. The summed E-state index contributed by atoms with van der Waals surface area (Å²) in [6, 6.07) is 4.10. The average molecular weight is 533 g/mol. The Morgan fingerprint density at radius 3 is 2.74 bits per heavy atom. The number of H-pyrrole nitrogens is 1. The van der Waals surface area contributed by atoms with E-state index in [1.165, 1.54) is 23.1 Å². The van der Waals surface area contributed by atoms with E-state index in [9.17, 15) is 33.1 Å². The normalized spacial score (nSPS) is 25.5. The third-order valence-corrected chi connectivity index (χ3v) is 8.03. The van der Waals surface area contributed by atoms with Crippen LogP contribution in [0.25, 0.3) is 10.9 Å². The molecule has 10 nitrogen and oxygen atoms in total. The maximum absolute atomic E-state index is 13.7. The highest BCUT2D eigenvalue weighted by Gasteiger charge is 2.50. The number of halogens is 2. The zero-order chi connectivity index (χ0) is 27.0. The first-order valence-electron chi connectivity index (χ1n) is 12.9. The Morgan fingerprint density at radius 2 is 2.03 bits per heavy atom. The molecule has 2 aromatic rings. The van der Waals surface area contributed by atoms with E-state index in [0.29, 0.717) is 30.4 Å². The second-order valence-corrected chi connectivity index (χ2v) is 10.2. The summed E-state index contributed by atoms with van der Waals surface area (Å²) in [5.41, 5.74) is 0.573. The maximum atomic E-state index is 13.7. The van der Waals surface area contributed by atoms with Gasteiger partial charge in [-0.2, -0.15) is 8.78 Å². The van der Waals surface area contributed by atoms with Gasteiger partial charge in [0.15, 0.2) is 5.78 Å². The van der Waals surface area contributed by atoms with E-state index in [1.54, 1.807) is 6.07 Å². The smallest absolute Gasteiger partial charge is 0.387 e. The summed E-state index contributed by atoms with van der Waals surface area (Å²) in [6.45, 7) is -2.97. The zero-order valence-electron chi connectivity index (χ0n) is 20.6. The summed E-state index contributed by atoms with van der Waals surface area (Å²) in [7, 11) is 0. The van der Waals surface area contributed by atoms with Gasteiger partial charge in [-0.1, -0.05) is 12.5 Å². The van der Waals surface area contributed by atoms with Crippen molar-refractivity contribution < 1.29 is 37.8 Å². The predicted molar refractivity (Wildman–Crippen MR) is 130 cm³/mol. The zero-order valence-corrected chi connectivity index (χ0v) is 20.6. The number of rotatable bonds is 9. The molecule has 1 aromatic carbocycles. The molecule has 2 aliphatic heterocycles. The standard InChI is InChI=1S/C26H30F2N4O6/c27-26(28)38-21-6-2-5-17-16(21)10-19(30-17)25(37)32-11-14-3-1-4-15(14)22(32)24(36)31-18(20(34)12-33)9-13-7-8-29-23(13)35/h2,5-6,10,13-15,18,22,26,30,33H,1,3-4,7-9,11-12H2,(H,29,35)(H,31,36)/t13-,14-,15-,18?,22-/m0/s1. The SMILES string of the molecule is O=C(CO)C(C[C@@H]1CCNC1=O)NC(=O)[C@@H]1[C@H]2CCC[C@H]2CN1C(=O)c1cc2c(OC(F)F)cccc2[nH]1. The van der Waals surface area contributed by atoms with E-state index in [1.807, 2.05) is 0 Å². The first-order valence-corrected chi connectivity index (χ1v) is 12.9. The van der Waals surface area contributed by atoms with Gasteiger partial charge in [0.1, 0.15) is 24.1 Å². The van der Waals surface area contributed by atoms with Crippen LogP contribution in [0.15, 0.2) is 24.3 Å². The topological polar surface area (TPSA) is 141 Å². The van der Waals surface area contributed by atoms with Crippen molar-refractivity contribution in [3.63, 3.8) is 0 Å². The minimum absolute atomic E-state index is 0.0679. The number of nitrogens with one attached hydrogen (secondary N) is 3. The number of amides is 3. The highest BCUT2D eigenvalue weighted by molar-refractivity contribution is 6.02. The van der Waals surface area contributed by atoms with Gasteiger partial charge in [0.2, 0.25) is 11.8 Å². The number of Topliss-reactive ketones (excluding diaryl/α,β-unsaturated/α-hetero) is 1. The van der Waals surface area contributed by atoms with Crippen molar-refractivity contribution in [2.45, 2.75) is 50.8 Å². The molecule has 3 aliphatic rings. The van der Waals surface area contributed by atoms with Crippen LogP contribution in [0.2, 0.25) is 0 Å². The molecule has 1 unspecified atom stereocenters. The number of carbonyl (C=O) groups is 4. The Kier molecular flexibility index (Phi) is 7.33. The van der Waals surface area contributed by atoms with Gasteiger partial charge in [-0.25, -0.2) is 0 Å². The molecule has 12 heteroatoms. The Labute approximate surface area is 217 Å². The van der Waals surface area contributed by atoms with Crippen LogP contribution in [-0.4, -0.2) is 76.9 Å². The van der Waals surface area contributed by atoms with Crippen LogP contribution >= 0.6 is 0 Å². The van der Waals surface area contributed by atoms with Crippen LogP contribution in [0, 0.1) is 17.8 Å². The summed E-state index contributed by atoms with van der Waals surface area (Å²) >= 11 is 0. The van der Waals surface area contributed by atoms with E-state index in [4.69, 9.17) is 0 Å². The van der Waals surface area contributed by atoms with E-state index in [0.717, 1.165) is 19.3 Å². The molecular weight excluding hydrogens is 502 g/mol. The number of likely N-dealkylation sites (tertiary alicyclic amines) is 1. The summed E-state index contributed by atoms with van der Waals surface area (Å²) in [4.78, 5) is 56.2. The number of aliphatic hydroxyl groups excluding tert-OH is 1. The third kappa shape index (κ3) is 4.96. The lowest BCUT2D eigenvalue weighted by Crippen LogP contribution is -2.53. The summed E-state index contributed by atoms with van der Waals surface area (Å²) < 4.78 is 30.3. The Hall–Kier alpha value is -3.54. The number of carbonyl (C=O) groups excluding carboxylic acids is 4. The lowest BCUT2D eigenvalue weighted by Gasteiger charge is -2.29. The second-order valence-electron chi connectivity index (χ2n) is 10.2. The first-order chi connectivity index (χ1) is 18.3. The molecule has 5 rings (SSSR count). The molecule has 38 heavy (non-hydrogen) atoms. The van der Waals surface area contributed by atoms with Gasteiger partial charge in [-0.05, 0) is 55.7 Å². The van der Waals surface area contributed by atoms with Gasteiger partial charge in [0.25, 0.3) is 5.91 Å². The van der Waals surface area contributed by atoms with Crippen molar-refractivity contribution in [3.8, 4) is 5.75 Å². The maximum Gasteiger partial charge on any atom is 0.387 e. The number of ketones is 1. The quantitative estimate of drug-likeness (QED) is 0.387. The molecule has 5 atom stereocenters. The molecule has 3 fully saturated rings. The van der Waals surface area contributed by atoms with Gasteiger partial charge >= 0.3 is 6.61 Å². The Balaban J connectivity index is 1.39. The number of aliphatic hydroxyl groups is 1. The van der Waals surface area contributed by atoms with Crippen molar-refractivity contribution >= 4 is 34.4 Å². The fourth-order valence-corrected chi connectivity index (χ4v) is 6.24. The molecule has 1 aliphatic carbocycles. The molecule has 3 heterocycles. The highest BCUT2D eigenvalue weighted by Crippen LogP contribution is 2.43. The lowest BCUT2D eigenvalue weighted by atomic mass is 9.92. The van der Waals surface area contributed by atoms with Crippen molar-refractivity contribution in [2.75, 3.05) is 19.7 Å². The fraction of sp³-hybridized carbons (Fsp3) is 0.538. The number of fused-ring (bicyclic) bond motifs is 2. The van der Waals surface area contributed by atoms with E-state index in [2.05, 4.69) is 20.4 Å².